The molecule has 2 aliphatic heterocycles. The van der Waals surface area contributed by atoms with E-state index in [1.54, 1.807) is 6.92 Å². The van der Waals surface area contributed by atoms with Crippen molar-refractivity contribution in [2.75, 3.05) is 13.2 Å². The first-order valence-electron chi connectivity index (χ1n) is 7.13. The third-order valence-electron chi connectivity index (χ3n) is 3.71. The molecule has 0 aromatic rings. The van der Waals surface area contributed by atoms with Crippen molar-refractivity contribution in [1.29, 1.82) is 0 Å². The Balaban J connectivity index is 1.86. The van der Waals surface area contributed by atoms with Crippen molar-refractivity contribution in [3.63, 3.8) is 0 Å². The lowest BCUT2D eigenvalue weighted by Crippen LogP contribution is -2.57. The topological polar surface area (TPSA) is 106 Å². The Hall–Kier alpha value is -0.730. The van der Waals surface area contributed by atoms with Gasteiger partial charge in [-0.15, -0.1) is 0 Å². The predicted molar refractivity (Wildman–Crippen MR) is 70.6 cm³/mol. The Morgan fingerprint density at radius 3 is 2.85 bits per heavy atom. The van der Waals surface area contributed by atoms with Crippen LogP contribution >= 0.6 is 0 Å². The average Bonchev–Trinajstić information content (AvgIpc) is 3.07. The Morgan fingerprint density at radius 2 is 2.20 bits per heavy atom. The molecule has 0 saturated carbocycles. The van der Waals surface area contributed by atoms with Crippen LogP contribution in [0, 0.1) is 0 Å². The highest BCUT2D eigenvalue weighted by Gasteiger charge is 2.69. The molecule has 2 fully saturated rings. The predicted octanol–water partition coefficient (Wildman–Crippen LogP) is -0.531. The summed E-state index contributed by atoms with van der Waals surface area (Å²) in [5, 5.41) is 12.8. The van der Waals surface area contributed by atoms with Crippen LogP contribution in [0.25, 0.3) is 0 Å². The zero-order chi connectivity index (χ0) is 14.8. The number of rotatable bonds is 7. The fraction of sp³-hybridized carbons (Fsp3) is 0.923. The molecule has 20 heavy (non-hydrogen) atoms. The van der Waals surface area contributed by atoms with E-state index >= 15 is 0 Å². The van der Waals surface area contributed by atoms with Gasteiger partial charge in [-0.2, -0.15) is 0 Å². The minimum Gasteiger partial charge on any atom is -0.361 e. The second-order valence-corrected chi connectivity index (χ2v) is 5.38. The molecule has 0 aromatic carbocycles. The number of carbonyl (C=O) groups excluding carboxylic acids is 1. The van der Waals surface area contributed by atoms with E-state index in [1.165, 1.54) is 6.92 Å². The van der Waals surface area contributed by atoms with Crippen molar-refractivity contribution in [3.05, 3.63) is 0 Å². The van der Waals surface area contributed by atoms with Gasteiger partial charge in [0.25, 0.3) is 0 Å². The maximum absolute atomic E-state index is 11.2. The normalized spacial score (nSPS) is 39.2. The molecule has 2 rings (SSSR count). The molecule has 116 valence electrons. The molecular formula is C13H24N2O5. The van der Waals surface area contributed by atoms with Crippen LogP contribution < -0.4 is 11.1 Å². The first-order chi connectivity index (χ1) is 9.49. The van der Waals surface area contributed by atoms with E-state index in [4.69, 9.17) is 19.9 Å². The molecule has 0 aromatic heterocycles. The van der Waals surface area contributed by atoms with E-state index < -0.39 is 30.3 Å². The summed E-state index contributed by atoms with van der Waals surface area (Å²) in [5.41, 5.74) is 5.43. The van der Waals surface area contributed by atoms with Crippen LogP contribution in [0.4, 0.5) is 0 Å². The number of fused-ring (bicyclic) bond motifs is 1. The number of unbranched alkanes of at least 4 members (excludes halogenated alkanes) is 2. The first-order valence-corrected chi connectivity index (χ1v) is 7.13. The van der Waals surface area contributed by atoms with Gasteiger partial charge in [-0.1, -0.05) is 0 Å². The van der Waals surface area contributed by atoms with Crippen LogP contribution in [0.1, 0.15) is 33.1 Å². The maximum Gasteiger partial charge on any atom is 0.222 e. The molecule has 0 radical (unpaired) electrons. The number of carbonyl (C=O) groups is 1. The lowest BCUT2D eigenvalue weighted by Gasteiger charge is -2.34. The standard InChI is InChI=1S/C13H24N2O5/c1-8-13(17)11(20-13)10(15-9(2)16)12(19-8)18-7-5-3-4-6-14/h8,10-12,17H,3-7,14H2,1-2H3,(H,15,16)/t8?,10-,11?,12+,13+/m0/s1. The van der Waals surface area contributed by atoms with E-state index in [2.05, 4.69) is 5.32 Å². The number of aliphatic hydroxyl groups is 1. The van der Waals surface area contributed by atoms with Crippen LogP contribution in [0.5, 0.6) is 0 Å². The van der Waals surface area contributed by atoms with Crippen LogP contribution in [-0.2, 0) is 19.0 Å². The van der Waals surface area contributed by atoms with Gasteiger partial charge in [0.05, 0.1) is 0 Å². The molecular weight excluding hydrogens is 264 g/mol. The number of hydrogen-bond donors (Lipinski definition) is 3. The van der Waals surface area contributed by atoms with E-state index in [0.29, 0.717) is 13.2 Å². The smallest absolute Gasteiger partial charge is 0.222 e. The van der Waals surface area contributed by atoms with E-state index in [9.17, 15) is 9.90 Å². The van der Waals surface area contributed by atoms with E-state index in [0.717, 1.165) is 19.3 Å². The van der Waals surface area contributed by atoms with Gasteiger partial charge in [-0.25, -0.2) is 0 Å². The minimum absolute atomic E-state index is 0.206. The molecule has 0 bridgehead atoms. The van der Waals surface area contributed by atoms with Gasteiger partial charge in [0.15, 0.2) is 6.29 Å². The summed E-state index contributed by atoms with van der Waals surface area (Å²) in [4.78, 5) is 11.2. The molecule has 1 amide bonds. The summed E-state index contributed by atoms with van der Waals surface area (Å²) < 4.78 is 16.6. The fourth-order valence-electron chi connectivity index (χ4n) is 2.50. The van der Waals surface area contributed by atoms with Crippen molar-refractivity contribution >= 4 is 5.91 Å². The molecule has 7 nitrogen and oxygen atoms in total. The molecule has 2 heterocycles. The van der Waals surface area contributed by atoms with Gasteiger partial charge in [0, 0.05) is 13.5 Å². The second-order valence-electron chi connectivity index (χ2n) is 5.38. The molecule has 2 aliphatic rings. The van der Waals surface area contributed by atoms with Crippen molar-refractivity contribution in [1.82, 2.24) is 5.32 Å². The summed E-state index contributed by atoms with van der Waals surface area (Å²) >= 11 is 0. The third kappa shape index (κ3) is 3.29. The van der Waals surface area contributed by atoms with E-state index in [1.807, 2.05) is 0 Å². The number of ether oxygens (including phenoxy) is 3. The average molecular weight is 288 g/mol. The Morgan fingerprint density at radius 1 is 1.45 bits per heavy atom. The largest absolute Gasteiger partial charge is 0.361 e. The zero-order valence-corrected chi connectivity index (χ0v) is 12.0. The molecule has 0 spiro atoms. The summed E-state index contributed by atoms with van der Waals surface area (Å²) in [5.74, 6) is -1.50. The maximum atomic E-state index is 11.2. The highest BCUT2D eigenvalue weighted by atomic mass is 16.8. The third-order valence-corrected chi connectivity index (χ3v) is 3.71. The number of nitrogens with one attached hydrogen (secondary N) is 1. The number of amides is 1. The molecule has 5 atom stereocenters. The molecule has 7 heteroatoms. The van der Waals surface area contributed by atoms with Gasteiger partial charge in [0.2, 0.25) is 11.7 Å². The lowest BCUT2D eigenvalue weighted by molar-refractivity contribution is -0.232. The van der Waals surface area contributed by atoms with Crippen LogP contribution in [0.15, 0.2) is 0 Å². The second kappa shape index (κ2) is 6.36. The Labute approximate surface area is 118 Å². The van der Waals surface area contributed by atoms with Crippen molar-refractivity contribution in [3.8, 4) is 0 Å². The summed E-state index contributed by atoms with van der Waals surface area (Å²) in [6.45, 7) is 4.35. The Kier molecular flexibility index (Phi) is 4.98. The minimum atomic E-state index is -1.30. The molecule has 0 aliphatic carbocycles. The van der Waals surface area contributed by atoms with Gasteiger partial charge in [0.1, 0.15) is 18.2 Å². The number of nitrogens with two attached hydrogens (primary N) is 1. The fourth-order valence-corrected chi connectivity index (χ4v) is 2.50. The lowest BCUT2D eigenvalue weighted by atomic mass is 10.0. The molecule has 2 unspecified atom stereocenters. The van der Waals surface area contributed by atoms with Gasteiger partial charge in [-0.05, 0) is 32.7 Å². The number of epoxide rings is 1. The SMILES string of the molecule is CC(=O)N[C@H]1C2O[C@]2(O)C(C)O[C@H]1OCCCCCN. The summed E-state index contributed by atoms with van der Waals surface area (Å²) in [6, 6.07) is -0.483. The summed E-state index contributed by atoms with van der Waals surface area (Å²) in [6.07, 6.45) is 1.29. The molecule has 4 N–H and O–H groups in total. The summed E-state index contributed by atoms with van der Waals surface area (Å²) in [7, 11) is 0. The van der Waals surface area contributed by atoms with Gasteiger partial charge < -0.3 is 30.4 Å². The van der Waals surface area contributed by atoms with E-state index in [-0.39, 0.29) is 5.91 Å². The monoisotopic (exact) mass is 288 g/mol. The molecule has 2 saturated heterocycles. The highest BCUT2D eigenvalue weighted by Crippen LogP contribution is 2.46. The van der Waals surface area contributed by atoms with Crippen LogP contribution in [0.3, 0.4) is 0 Å². The van der Waals surface area contributed by atoms with Gasteiger partial charge in [-0.3, -0.25) is 4.79 Å². The van der Waals surface area contributed by atoms with Crippen molar-refractivity contribution in [2.45, 2.75) is 63.4 Å². The van der Waals surface area contributed by atoms with Gasteiger partial charge >= 0.3 is 0 Å². The number of hydrogen-bond acceptors (Lipinski definition) is 6. The highest BCUT2D eigenvalue weighted by molar-refractivity contribution is 5.73. The first kappa shape index (κ1) is 15.7. The zero-order valence-electron chi connectivity index (χ0n) is 12.0. The quantitative estimate of drug-likeness (QED) is 0.429. The van der Waals surface area contributed by atoms with Crippen LogP contribution in [-0.4, -0.2) is 54.5 Å². The Bertz CT molecular complexity index is 354. The van der Waals surface area contributed by atoms with Crippen LogP contribution in [0.2, 0.25) is 0 Å². The van der Waals surface area contributed by atoms with Crippen molar-refractivity contribution in [2.24, 2.45) is 5.73 Å². The van der Waals surface area contributed by atoms with Crippen molar-refractivity contribution < 1.29 is 24.1 Å².